The lowest BCUT2D eigenvalue weighted by atomic mass is 9.97. The van der Waals surface area contributed by atoms with E-state index in [0.717, 1.165) is 12.8 Å². The van der Waals surface area contributed by atoms with Crippen LogP contribution in [0.25, 0.3) is 0 Å². The number of urea groups is 1. The van der Waals surface area contributed by atoms with Gasteiger partial charge in [-0.25, -0.2) is 4.79 Å². The van der Waals surface area contributed by atoms with Gasteiger partial charge < -0.3 is 20.9 Å². The molecule has 23 heavy (non-hydrogen) atoms. The second-order valence-electron chi connectivity index (χ2n) is 7.45. The minimum Gasteiger partial charge on any atom is -0.348 e. The summed E-state index contributed by atoms with van der Waals surface area (Å²) in [7, 11) is 0. The minimum absolute atomic E-state index is 0.0451. The number of likely N-dealkylation sites (tertiary alicyclic amines) is 1. The molecule has 0 atom stereocenters. The Hall–Kier alpha value is -1.79. The van der Waals surface area contributed by atoms with E-state index in [2.05, 4.69) is 16.0 Å². The highest BCUT2D eigenvalue weighted by atomic mass is 16.2. The van der Waals surface area contributed by atoms with E-state index in [1.165, 1.54) is 0 Å². The zero-order valence-corrected chi connectivity index (χ0v) is 14.9. The molecule has 0 aromatic carbocycles. The first-order valence-corrected chi connectivity index (χ1v) is 8.24. The van der Waals surface area contributed by atoms with Gasteiger partial charge in [0, 0.05) is 31.2 Å². The number of hydrogen-bond acceptors (Lipinski definition) is 3. The largest absolute Gasteiger partial charge is 0.348 e. The molecule has 4 amide bonds. The molecule has 3 N–H and O–H groups in total. The average Bonchev–Trinajstić information content (AvgIpc) is 2.42. The predicted octanol–water partition coefficient (Wildman–Crippen LogP) is 0.847. The van der Waals surface area contributed by atoms with Crippen LogP contribution in [0.4, 0.5) is 4.79 Å². The van der Waals surface area contributed by atoms with Crippen molar-refractivity contribution < 1.29 is 14.4 Å². The van der Waals surface area contributed by atoms with Gasteiger partial charge in [-0.15, -0.1) is 0 Å². The van der Waals surface area contributed by atoms with Crippen LogP contribution in [0.1, 0.15) is 47.5 Å². The highest BCUT2D eigenvalue weighted by molar-refractivity contribution is 6.35. The van der Waals surface area contributed by atoms with Gasteiger partial charge in [0.2, 0.25) is 0 Å². The van der Waals surface area contributed by atoms with Gasteiger partial charge >= 0.3 is 17.8 Å². The van der Waals surface area contributed by atoms with Crippen LogP contribution < -0.4 is 16.0 Å². The van der Waals surface area contributed by atoms with Gasteiger partial charge in [0.25, 0.3) is 0 Å². The van der Waals surface area contributed by atoms with Crippen LogP contribution in [0.5, 0.6) is 0 Å². The molecular weight excluding hydrogens is 296 g/mol. The van der Waals surface area contributed by atoms with Gasteiger partial charge in [0.1, 0.15) is 0 Å². The van der Waals surface area contributed by atoms with Gasteiger partial charge in [-0.2, -0.15) is 0 Å². The molecule has 1 fully saturated rings. The molecule has 132 valence electrons. The van der Waals surface area contributed by atoms with E-state index >= 15 is 0 Å². The Kier molecular flexibility index (Phi) is 6.84. The summed E-state index contributed by atoms with van der Waals surface area (Å²) >= 11 is 0. The zero-order valence-electron chi connectivity index (χ0n) is 14.9. The molecule has 0 spiro atoms. The summed E-state index contributed by atoms with van der Waals surface area (Å²) in [6, 6.07) is -0.103. The summed E-state index contributed by atoms with van der Waals surface area (Å²) in [4.78, 5) is 37.0. The number of rotatable bonds is 3. The van der Waals surface area contributed by atoms with Crippen LogP contribution >= 0.6 is 0 Å². The van der Waals surface area contributed by atoms with Crippen molar-refractivity contribution in [2.45, 2.75) is 59.0 Å². The lowest BCUT2D eigenvalue weighted by molar-refractivity contribution is -0.139. The molecular formula is C16H30N4O3. The normalized spacial score (nSPS) is 16.2. The number of hydrogen-bond donors (Lipinski definition) is 3. The van der Waals surface area contributed by atoms with Crippen LogP contribution in [-0.2, 0) is 9.59 Å². The Morgan fingerprint density at radius 3 is 2.13 bits per heavy atom. The Balaban J connectivity index is 2.30. The molecule has 1 aliphatic heterocycles. The lowest BCUT2D eigenvalue weighted by Crippen LogP contribution is -2.51. The number of amides is 4. The molecule has 1 saturated heterocycles. The maximum atomic E-state index is 12.1. The van der Waals surface area contributed by atoms with Crippen LogP contribution in [0.2, 0.25) is 0 Å². The van der Waals surface area contributed by atoms with E-state index in [1.54, 1.807) is 4.90 Å². The molecule has 0 aromatic rings. The molecule has 0 aromatic heterocycles. The van der Waals surface area contributed by atoms with E-state index in [0.29, 0.717) is 25.6 Å². The van der Waals surface area contributed by atoms with Crippen LogP contribution in [-0.4, -0.2) is 54.0 Å². The van der Waals surface area contributed by atoms with Crippen molar-refractivity contribution in [3.8, 4) is 0 Å². The van der Waals surface area contributed by atoms with Crippen molar-refractivity contribution in [2.24, 2.45) is 5.92 Å². The first-order valence-electron chi connectivity index (χ1n) is 8.24. The number of carbonyl (C=O) groups excluding carboxylic acids is 3. The topological polar surface area (TPSA) is 90.5 Å². The maximum absolute atomic E-state index is 12.1. The first kappa shape index (κ1) is 19.3. The summed E-state index contributed by atoms with van der Waals surface area (Å²) in [5.74, 6) is -0.891. The molecule has 0 unspecified atom stereocenters. The van der Waals surface area contributed by atoms with Crippen molar-refractivity contribution in [3.05, 3.63) is 0 Å². The first-order chi connectivity index (χ1) is 10.6. The third-order valence-electron chi connectivity index (χ3n) is 3.56. The molecule has 1 rings (SSSR count). The Bertz CT molecular complexity index is 435. The van der Waals surface area contributed by atoms with E-state index in [9.17, 15) is 14.4 Å². The van der Waals surface area contributed by atoms with E-state index in [-0.39, 0.29) is 17.6 Å². The fourth-order valence-corrected chi connectivity index (χ4v) is 2.39. The van der Waals surface area contributed by atoms with Crippen LogP contribution in [0.3, 0.4) is 0 Å². The Morgan fingerprint density at radius 2 is 1.65 bits per heavy atom. The highest BCUT2D eigenvalue weighted by Crippen LogP contribution is 2.17. The molecule has 0 aliphatic carbocycles. The SMILES string of the molecule is CC(C)NC(=O)C(=O)NCC1CCN(C(=O)NC(C)(C)C)CC1. The monoisotopic (exact) mass is 326 g/mol. The summed E-state index contributed by atoms with van der Waals surface area (Å²) < 4.78 is 0. The third-order valence-corrected chi connectivity index (χ3v) is 3.56. The summed E-state index contributed by atoms with van der Waals surface area (Å²) in [6.07, 6.45) is 1.65. The number of nitrogens with one attached hydrogen (secondary N) is 3. The van der Waals surface area contributed by atoms with Gasteiger partial charge in [-0.3, -0.25) is 9.59 Å². The lowest BCUT2D eigenvalue weighted by Gasteiger charge is -2.34. The fraction of sp³-hybridized carbons (Fsp3) is 0.812. The van der Waals surface area contributed by atoms with Gasteiger partial charge in [0.05, 0.1) is 0 Å². The maximum Gasteiger partial charge on any atom is 0.317 e. The predicted molar refractivity (Wildman–Crippen MR) is 88.9 cm³/mol. The van der Waals surface area contributed by atoms with Crippen molar-refractivity contribution in [2.75, 3.05) is 19.6 Å². The molecule has 0 radical (unpaired) electrons. The highest BCUT2D eigenvalue weighted by Gasteiger charge is 2.25. The Morgan fingerprint density at radius 1 is 1.09 bits per heavy atom. The van der Waals surface area contributed by atoms with Gasteiger partial charge in [-0.05, 0) is 53.4 Å². The van der Waals surface area contributed by atoms with Crippen molar-refractivity contribution in [1.29, 1.82) is 0 Å². The van der Waals surface area contributed by atoms with Crippen molar-refractivity contribution in [3.63, 3.8) is 0 Å². The van der Waals surface area contributed by atoms with Crippen LogP contribution in [0.15, 0.2) is 0 Å². The molecule has 7 nitrogen and oxygen atoms in total. The number of carbonyl (C=O) groups is 3. The number of piperidine rings is 1. The second-order valence-corrected chi connectivity index (χ2v) is 7.45. The standard InChI is InChI=1S/C16H30N4O3/c1-11(2)18-14(22)13(21)17-10-12-6-8-20(9-7-12)15(23)19-16(3,4)5/h11-12H,6-10H2,1-5H3,(H,17,21)(H,18,22)(H,19,23). The molecule has 7 heteroatoms. The zero-order chi connectivity index (χ0) is 17.6. The summed E-state index contributed by atoms with van der Waals surface area (Å²) in [5.41, 5.74) is -0.244. The average molecular weight is 326 g/mol. The quantitative estimate of drug-likeness (QED) is 0.672. The number of nitrogens with zero attached hydrogens (tertiary/aromatic N) is 1. The third kappa shape index (κ3) is 7.34. The fourth-order valence-electron chi connectivity index (χ4n) is 2.39. The molecule has 1 aliphatic rings. The van der Waals surface area contributed by atoms with E-state index in [1.807, 2.05) is 34.6 Å². The van der Waals surface area contributed by atoms with Gasteiger partial charge in [0.15, 0.2) is 0 Å². The molecule has 0 saturated carbocycles. The molecule has 1 heterocycles. The van der Waals surface area contributed by atoms with Crippen molar-refractivity contribution >= 4 is 17.8 Å². The van der Waals surface area contributed by atoms with Crippen LogP contribution in [0, 0.1) is 5.92 Å². The minimum atomic E-state index is -0.595. The second kappa shape index (κ2) is 8.17. The summed E-state index contributed by atoms with van der Waals surface area (Å²) in [6.45, 7) is 11.3. The van der Waals surface area contributed by atoms with E-state index < -0.39 is 11.8 Å². The summed E-state index contributed by atoms with van der Waals surface area (Å²) in [5, 5.41) is 8.18. The van der Waals surface area contributed by atoms with Gasteiger partial charge in [-0.1, -0.05) is 0 Å². The van der Waals surface area contributed by atoms with E-state index in [4.69, 9.17) is 0 Å². The van der Waals surface area contributed by atoms with Crippen molar-refractivity contribution in [1.82, 2.24) is 20.9 Å². The Labute approximate surface area is 138 Å². The smallest absolute Gasteiger partial charge is 0.317 e. The molecule has 0 bridgehead atoms.